The minimum Gasteiger partial charge on any atom is -0.399 e. The number of aliphatic hydroxyl groups excluding tert-OH is 1. The number of fused-ring (bicyclic) bond motifs is 1. The molecule has 1 amide bonds. The number of nitrogens with two attached hydrogens (primary N) is 1. The Bertz CT molecular complexity index is 692. The Morgan fingerprint density at radius 3 is 2.90 bits per heavy atom. The summed E-state index contributed by atoms with van der Waals surface area (Å²) in [7, 11) is 1.81. The minimum atomic E-state index is -0.665. The van der Waals surface area contributed by atoms with Gasteiger partial charge in [0.2, 0.25) is 5.91 Å². The van der Waals surface area contributed by atoms with E-state index in [1.165, 1.54) is 0 Å². The molecule has 0 bridgehead atoms. The molecule has 1 aromatic heterocycles. The van der Waals surface area contributed by atoms with Gasteiger partial charge >= 0.3 is 0 Å². The van der Waals surface area contributed by atoms with Crippen LogP contribution < -0.4 is 5.73 Å². The van der Waals surface area contributed by atoms with Crippen molar-refractivity contribution in [2.45, 2.75) is 31.9 Å². The Morgan fingerprint density at radius 2 is 2.24 bits per heavy atom. The maximum atomic E-state index is 11.7. The summed E-state index contributed by atoms with van der Waals surface area (Å²) in [6, 6.07) is 5.71. The fraction of sp³-hybridized carbons (Fsp3) is 0.467. The van der Waals surface area contributed by atoms with Crippen LogP contribution in [0.3, 0.4) is 0 Å². The predicted octanol–water partition coefficient (Wildman–Crippen LogP) is 1.47. The Morgan fingerprint density at radius 1 is 1.48 bits per heavy atom. The Hall–Kier alpha value is -2.08. The number of piperidine rings is 1. The fourth-order valence-corrected chi connectivity index (χ4v) is 3.01. The number of imidazole rings is 1. The minimum absolute atomic E-state index is 0.130. The summed E-state index contributed by atoms with van der Waals surface area (Å²) in [6.07, 6.45) is 0.620. The highest BCUT2D eigenvalue weighted by molar-refractivity contribution is 5.80. The van der Waals surface area contributed by atoms with Crippen LogP contribution in [0.25, 0.3) is 11.0 Å². The van der Waals surface area contributed by atoms with E-state index in [1.807, 2.05) is 25.2 Å². The number of anilines is 1. The first kappa shape index (κ1) is 13.9. The lowest BCUT2D eigenvalue weighted by Crippen LogP contribution is -2.38. The van der Waals surface area contributed by atoms with E-state index < -0.39 is 6.10 Å². The number of aromatic nitrogens is 2. The fourth-order valence-electron chi connectivity index (χ4n) is 3.01. The highest BCUT2D eigenvalue weighted by Crippen LogP contribution is 2.31. The van der Waals surface area contributed by atoms with Crippen molar-refractivity contribution < 1.29 is 9.90 Å². The molecule has 0 radical (unpaired) electrons. The van der Waals surface area contributed by atoms with Crippen LogP contribution in [-0.4, -0.2) is 39.1 Å². The van der Waals surface area contributed by atoms with Gasteiger partial charge in [0.15, 0.2) is 0 Å². The number of nitrogens with zero attached hydrogens (tertiary/aromatic N) is 3. The van der Waals surface area contributed by atoms with E-state index in [2.05, 4.69) is 9.55 Å². The van der Waals surface area contributed by atoms with Gasteiger partial charge in [-0.2, -0.15) is 0 Å². The molecular formula is C15H20N4O2. The molecule has 2 atom stereocenters. The average molecular weight is 288 g/mol. The van der Waals surface area contributed by atoms with Crippen LogP contribution in [0.2, 0.25) is 0 Å². The summed E-state index contributed by atoms with van der Waals surface area (Å²) in [4.78, 5) is 17.9. The lowest BCUT2D eigenvalue weighted by Gasteiger charge is -2.32. The lowest BCUT2D eigenvalue weighted by molar-refractivity contribution is -0.132. The van der Waals surface area contributed by atoms with Gasteiger partial charge in [0.05, 0.1) is 17.1 Å². The number of hydrogen-bond donors (Lipinski definition) is 2. The topological polar surface area (TPSA) is 84.4 Å². The Kier molecular flexibility index (Phi) is 3.33. The van der Waals surface area contributed by atoms with Crippen LogP contribution in [0.15, 0.2) is 18.2 Å². The van der Waals surface area contributed by atoms with Crippen molar-refractivity contribution in [2.24, 2.45) is 0 Å². The first-order valence-corrected chi connectivity index (χ1v) is 7.16. The van der Waals surface area contributed by atoms with Gasteiger partial charge in [-0.3, -0.25) is 4.79 Å². The highest BCUT2D eigenvalue weighted by atomic mass is 16.3. The molecule has 2 aromatic rings. The normalized spacial score (nSPS) is 21.0. The van der Waals surface area contributed by atoms with E-state index in [1.54, 1.807) is 11.8 Å². The molecule has 112 valence electrons. The number of aliphatic hydroxyl groups is 1. The standard InChI is InChI=1S/C15H20N4O2/c1-9(20)15-17-12-7-10(16)3-5-13(12)19(15)11-4-6-14(21)18(2)8-11/h3,5,7,9,11,20H,4,6,8,16H2,1-2H3. The SMILES string of the molecule is CC(O)c1nc2cc(N)ccc2n1C1CCC(=O)N(C)C1. The molecule has 1 fully saturated rings. The van der Waals surface area contributed by atoms with E-state index >= 15 is 0 Å². The van der Waals surface area contributed by atoms with Crippen LogP contribution in [0, 0.1) is 0 Å². The molecule has 21 heavy (non-hydrogen) atoms. The van der Waals surface area contributed by atoms with Gasteiger partial charge in [0, 0.05) is 25.7 Å². The zero-order chi connectivity index (χ0) is 15.1. The molecule has 2 heterocycles. The molecule has 1 aromatic carbocycles. The summed E-state index contributed by atoms with van der Waals surface area (Å²) in [5, 5.41) is 10.0. The molecule has 3 N–H and O–H groups in total. The van der Waals surface area contributed by atoms with Gasteiger partial charge in [-0.15, -0.1) is 0 Å². The van der Waals surface area contributed by atoms with Gasteiger partial charge in [-0.05, 0) is 31.5 Å². The molecule has 3 rings (SSSR count). The van der Waals surface area contributed by atoms with Crippen molar-refractivity contribution in [1.82, 2.24) is 14.5 Å². The third kappa shape index (κ3) is 2.35. The molecule has 6 heteroatoms. The van der Waals surface area contributed by atoms with E-state index in [4.69, 9.17) is 5.73 Å². The molecule has 1 aliphatic rings. The number of amides is 1. The van der Waals surface area contributed by atoms with Gasteiger partial charge in [-0.1, -0.05) is 0 Å². The van der Waals surface area contributed by atoms with Crippen molar-refractivity contribution in [1.29, 1.82) is 0 Å². The van der Waals surface area contributed by atoms with E-state index in [0.717, 1.165) is 17.5 Å². The zero-order valence-corrected chi connectivity index (χ0v) is 12.3. The van der Waals surface area contributed by atoms with Gasteiger partial charge in [0.25, 0.3) is 0 Å². The Balaban J connectivity index is 2.11. The summed E-state index contributed by atoms with van der Waals surface area (Å²) < 4.78 is 2.06. The molecular weight excluding hydrogens is 268 g/mol. The van der Waals surface area contributed by atoms with Crippen molar-refractivity contribution in [3.8, 4) is 0 Å². The highest BCUT2D eigenvalue weighted by Gasteiger charge is 2.28. The number of likely N-dealkylation sites (tertiary alicyclic amines) is 1. The van der Waals surface area contributed by atoms with Crippen molar-refractivity contribution in [3.05, 3.63) is 24.0 Å². The van der Waals surface area contributed by atoms with Crippen LogP contribution in [-0.2, 0) is 4.79 Å². The second kappa shape index (κ2) is 5.04. The summed E-state index contributed by atoms with van der Waals surface area (Å²) in [5.74, 6) is 0.793. The second-order valence-corrected chi connectivity index (χ2v) is 5.73. The number of rotatable bonds is 2. The number of carbonyl (C=O) groups excluding carboxylic acids is 1. The molecule has 2 unspecified atom stereocenters. The molecule has 0 spiro atoms. The van der Waals surface area contributed by atoms with Gasteiger partial charge < -0.3 is 20.3 Å². The average Bonchev–Trinajstić information content (AvgIpc) is 2.80. The smallest absolute Gasteiger partial charge is 0.222 e. The van der Waals surface area contributed by atoms with E-state index in [-0.39, 0.29) is 11.9 Å². The van der Waals surface area contributed by atoms with E-state index in [0.29, 0.717) is 24.5 Å². The van der Waals surface area contributed by atoms with Crippen LogP contribution in [0.4, 0.5) is 5.69 Å². The summed E-state index contributed by atoms with van der Waals surface area (Å²) in [6.45, 7) is 2.34. The lowest BCUT2D eigenvalue weighted by atomic mass is 10.0. The summed E-state index contributed by atoms with van der Waals surface area (Å²) in [5.41, 5.74) is 8.20. The van der Waals surface area contributed by atoms with Crippen LogP contribution in [0.5, 0.6) is 0 Å². The monoisotopic (exact) mass is 288 g/mol. The number of likely N-dealkylation sites (N-methyl/N-ethyl adjacent to an activating group) is 1. The third-order valence-corrected chi connectivity index (χ3v) is 4.08. The van der Waals surface area contributed by atoms with Crippen LogP contribution >= 0.6 is 0 Å². The molecule has 1 saturated heterocycles. The van der Waals surface area contributed by atoms with Crippen LogP contribution in [0.1, 0.15) is 37.7 Å². The number of carbonyl (C=O) groups is 1. The van der Waals surface area contributed by atoms with E-state index in [9.17, 15) is 9.90 Å². The number of benzene rings is 1. The molecule has 1 aliphatic heterocycles. The quantitative estimate of drug-likeness (QED) is 0.819. The third-order valence-electron chi connectivity index (χ3n) is 4.08. The first-order chi connectivity index (χ1) is 9.97. The second-order valence-electron chi connectivity index (χ2n) is 5.73. The maximum Gasteiger partial charge on any atom is 0.222 e. The first-order valence-electron chi connectivity index (χ1n) is 7.16. The van der Waals surface area contributed by atoms with Crippen molar-refractivity contribution in [2.75, 3.05) is 19.3 Å². The number of hydrogen-bond acceptors (Lipinski definition) is 4. The van der Waals surface area contributed by atoms with Crippen molar-refractivity contribution in [3.63, 3.8) is 0 Å². The molecule has 0 aliphatic carbocycles. The molecule has 0 saturated carbocycles. The van der Waals surface area contributed by atoms with Crippen molar-refractivity contribution >= 4 is 22.6 Å². The zero-order valence-electron chi connectivity index (χ0n) is 12.3. The maximum absolute atomic E-state index is 11.7. The largest absolute Gasteiger partial charge is 0.399 e. The predicted molar refractivity (Wildman–Crippen MR) is 80.7 cm³/mol. The Labute approximate surface area is 123 Å². The number of nitrogen functional groups attached to an aromatic ring is 1. The van der Waals surface area contributed by atoms with Gasteiger partial charge in [-0.25, -0.2) is 4.98 Å². The molecule has 6 nitrogen and oxygen atoms in total. The summed E-state index contributed by atoms with van der Waals surface area (Å²) >= 11 is 0. The van der Waals surface area contributed by atoms with Gasteiger partial charge in [0.1, 0.15) is 11.9 Å².